The van der Waals surface area contributed by atoms with Gasteiger partial charge in [-0.3, -0.25) is 9.59 Å². The smallest absolute Gasteiger partial charge is 0.398 e. The first-order valence-electron chi connectivity index (χ1n) is 15.6. The molecule has 2 unspecified atom stereocenters. The summed E-state index contributed by atoms with van der Waals surface area (Å²) in [5.41, 5.74) is -3.57. The molecule has 0 aliphatic carbocycles. The lowest BCUT2D eigenvalue weighted by molar-refractivity contribution is -0.185. The average Bonchev–Trinajstić information content (AvgIpc) is 3.80. The lowest BCUT2D eigenvalue weighted by Crippen LogP contribution is -2.43. The van der Waals surface area contributed by atoms with Crippen LogP contribution in [0.4, 0.5) is 32.0 Å². The van der Waals surface area contributed by atoms with Crippen LogP contribution in [0.5, 0.6) is 0 Å². The van der Waals surface area contributed by atoms with E-state index >= 15 is 0 Å². The zero-order valence-electron chi connectivity index (χ0n) is 29.7. The van der Waals surface area contributed by atoms with Crippen LogP contribution in [0, 0.1) is 0 Å². The van der Waals surface area contributed by atoms with Gasteiger partial charge in [0.05, 0.1) is 51.1 Å². The monoisotopic (exact) mass is 858 g/mol. The third kappa shape index (κ3) is 10.8. The van der Waals surface area contributed by atoms with Gasteiger partial charge in [-0.25, -0.2) is 36.1 Å². The first-order valence-corrected chi connectivity index (χ1v) is 19.4. The molecule has 2 atom stereocenters. The number of fused-ring (bicyclic) bond motifs is 2. The fourth-order valence-electron chi connectivity index (χ4n) is 5.14. The molecule has 0 bridgehead atoms. The summed E-state index contributed by atoms with van der Waals surface area (Å²) in [6, 6.07) is 5.81. The van der Waals surface area contributed by atoms with Crippen molar-refractivity contribution in [3.05, 3.63) is 102 Å². The average molecular weight is 859 g/mol. The minimum atomic E-state index is -4.77. The van der Waals surface area contributed by atoms with Crippen molar-refractivity contribution in [1.29, 1.82) is 0 Å². The van der Waals surface area contributed by atoms with Crippen LogP contribution >= 0.6 is 0 Å². The number of nitrogens with two attached hydrogens (primary N) is 1. The van der Waals surface area contributed by atoms with E-state index < -0.39 is 77.2 Å². The Morgan fingerprint density at radius 1 is 0.719 bits per heavy atom. The molecule has 0 amide bonds. The predicted octanol–water partition coefficient (Wildman–Crippen LogP) is 1.54. The first-order chi connectivity index (χ1) is 26.2. The molecule has 0 spiro atoms. The summed E-state index contributed by atoms with van der Waals surface area (Å²) >= 11 is 0. The molecule has 1 aliphatic rings. The summed E-state index contributed by atoms with van der Waals surface area (Å²) in [4.78, 5) is 55.4. The second-order valence-corrected chi connectivity index (χ2v) is 15.4. The molecule has 27 heteroatoms. The minimum absolute atomic E-state index is 0.0463. The highest BCUT2D eigenvalue weighted by molar-refractivity contribution is 7.91. The number of sulfonamides is 2. The Balaban J connectivity index is 0.000000210. The van der Waals surface area contributed by atoms with Crippen molar-refractivity contribution in [3.8, 4) is 5.69 Å². The second kappa shape index (κ2) is 16.5. The van der Waals surface area contributed by atoms with Crippen LogP contribution in [0.2, 0.25) is 0 Å². The number of hydrogen-bond donors (Lipinski definition) is 5. The molecular formula is C30H32F6N8O11S2. The molecule has 1 fully saturated rings. The zero-order valence-corrected chi connectivity index (χ0v) is 31.3. The van der Waals surface area contributed by atoms with Gasteiger partial charge in [0.25, 0.3) is 11.1 Å². The molecule has 312 valence electrons. The highest BCUT2D eigenvalue weighted by Crippen LogP contribution is 2.36. The van der Waals surface area contributed by atoms with Crippen LogP contribution in [0.3, 0.4) is 0 Å². The number of nitrogen functional groups attached to an aromatic ring is 1. The van der Waals surface area contributed by atoms with E-state index in [1.807, 2.05) is 4.98 Å². The quantitative estimate of drug-likeness (QED) is 0.115. The molecule has 0 radical (unpaired) electrons. The Labute approximate surface area is 315 Å². The molecule has 1 aliphatic heterocycles. The van der Waals surface area contributed by atoms with Crippen molar-refractivity contribution in [2.75, 3.05) is 42.1 Å². The van der Waals surface area contributed by atoms with E-state index in [-0.39, 0.29) is 43.9 Å². The number of H-pyrrole nitrogens is 2. The number of anilines is 1. The van der Waals surface area contributed by atoms with Crippen molar-refractivity contribution >= 4 is 47.5 Å². The minimum Gasteiger partial charge on any atom is -0.398 e. The van der Waals surface area contributed by atoms with Gasteiger partial charge in [0, 0.05) is 45.1 Å². The zero-order chi connectivity index (χ0) is 42.8. The molecule has 2 aromatic carbocycles. The third-order valence-corrected chi connectivity index (χ3v) is 8.59. The third-order valence-electron chi connectivity index (χ3n) is 7.56. The maximum atomic E-state index is 13.4. The molecule has 6 rings (SSSR count). The number of ether oxygens (including phenoxy) is 3. The van der Waals surface area contributed by atoms with Crippen molar-refractivity contribution in [3.63, 3.8) is 0 Å². The van der Waals surface area contributed by atoms with Crippen LogP contribution in [0.15, 0.2) is 68.0 Å². The molecule has 3 aromatic heterocycles. The summed E-state index contributed by atoms with van der Waals surface area (Å²) in [7, 11) is -4.64. The standard InChI is InChI=1S/C14H11F3N4O4S.C10H9F3N4O4S.C6H12O3/c1-26(24,25)19-21-12(22)8-6-11(20-4-2-3-5-20)9(14(15,16)17)7-10(8)18-13(21)23;1-22(20,21)16-17-8(18)4-2-6(14)5(10(11,12)13)3-7(4)15-9(17)19;1-7-5-3-4-6(8-2)9-5/h2-7,19H,1H3,(H,18,23);2-3,16H,14H2,1H3,(H,15,19);5-6H,3-4H2,1-2H3. The molecule has 0 saturated carbocycles. The van der Waals surface area contributed by atoms with E-state index in [2.05, 4.69) is 4.98 Å². The van der Waals surface area contributed by atoms with E-state index in [1.165, 1.54) is 24.5 Å². The summed E-state index contributed by atoms with van der Waals surface area (Å²) in [5.74, 6) is 0. The molecule has 5 aromatic rings. The van der Waals surface area contributed by atoms with Crippen molar-refractivity contribution in [1.82, 2.24) is 23.9 Å². The lowest BCUT2D eigenvalue weighted by Gasteiger charge is -2.15. The van der Waals surface area contributed by atoms with Crippen LogP contribution in [0.1, 0.15) is 24.0 Å². The summed E-state index contributed by atoms with van der Waals surface area (Å²) in [6.07, 6.45) is -3.59. The Kier molecular flexibility index (Phi) is 12.7. The molecule has 6 N–H and O–H groups in total. The Morgan fingerprint density at radius 3 is 1.49 bits per heavy atom. The van der Waals surface area contributed by atoms with Gasteiger partial charge in [0.1, 0.15) is 0 Å². The van der Waals surface area contributed by atoms with E-state index in [1.54, 1.807) is 23.9 Å². The van der Waals surface area contributed by atoms with Crippen molar-refractivity contribution < 1.29 is 57.4 Å². The van der Waals surface area contributed by atoms with Gasteiger partial charge >= 0.3 is 23.7 Å². The fraction of sp³-hybridized carbons (Fsp3) is 0.333. The van der Waals surface area contributed by atoms with E-state index in [0.717, 1.165) is 35.8 Å². The number of rotatable bonds is 7. The molecule has 19 nitrogen and oxygen atoms in total. The number of alkyl halides is 6. The van der Waals surface area contributed by atoms with Crippen LogP contribution < -0.4 is 37.9 Å². The maximum absolute atomic E-state index is 13.4. The largest absolute Gasteiger partial charge is 0.418 e. The summed E-state index contributed by atoms with van der Waals surface area (Å²) in [5, 5.41) is -0.668. The van der Waals surface area contributed by atoms with Gasteiger partial charge in [-0.2, -0.15) is 35.7 Å². The SMILES string of the molecule is COC1CCC(OC)O1.CS(=O)(=O)Nn1c(=O)[nH]c2cc(C(F)(F)F)c(-n3cccc3)cc2c1=O.CS(=O)(=O)Nn1c(=O)[nH]c2cc(C(F)(F)F)c(N)cc2c1=O. The molecule has 1 saturated heterocycles. The number of methoxy groups -OCH3 is 2. The lowest BCUT2D eigenvalue weighted by atomic mass is 10.1. The van der Waals surface area contributed by atoms with Gasteiger partial charge in [0.15, 0.2) is 12.6 Å². The number of nitrogens with zero attached hydrogens (tertiary/aromatic N) is 3. The number of nitrogens with one attached hydrogen (secondary N) is 4. The summed E-state index contributed by atoms with van der Waals surface area (Å²) in [6.45, 7) is 0. The Hall–Kier alpha value is -5.64. The van der Waals surface area contributed by atoms with Gasteiger partial charge in [-0.1, -0.05) is 0 Å². The number of benzene rings is 2. The Bertz CT molecular complexity index is 2740. The van der Waals surface area contributed by atoms with Crippen molar-refractivity contribution in [2.45, 2.75) is 37.8 Å². The normalized spacial score (nSPS) is 16.1. The van der Waals surface area contributed by atoms with E-state index in [0.29, 0.717) is 18.4 Å². The van der Waals surface area contributed by atoms with E-state index in [9.17, 15) is 62.4 Å². The van der Waals surface area contributed by atoms with Gasteiger partial charge in [0.2, 0.25) is 20.0 Å². The van der Waals surface area contributed by atoms with Crippen LogP contribution in [-0.4, -0.2) is 80.0 Å². The highest BCUT2D eigenvalue weighted by Gasteiger charge is 2.35. The number of hydrogen-bond acceptors (Lipinski definition) is 12. The van der Waals surface area contributed by atoms with Gasteiger partial charge in [-0.15, -0.1) is 0 Å². The fourth-order valence-corrected chi connectivity index (χ4v) is 6.13. The van der Waals surface area contributed by atoms with E-state index in [4.69, 9.17) is 19.9 Å². The van der Waals surface area contributed by atoms with Crippen LogP contribution in [0.25, 0.3) is 27.5 Å². The topological polar surface area (TPSA) is 261 Å². The summed E-state index contributed by atoms with van der Waals surface area (Å²) < 4.78 is 140. The number of halogens is 6. The molecule has 57 heavy (non-hydrogen) atoms. The second-order valence-electron chi connectivity index (χ2n) is 11.9. The molecule has 4 heterocycles. The number of aromatic amines is 2. The highest BCUT2D eigenvalue weighted by atomic mass is 32.2. The van der Waals surface area contributed by atoms with Gasteiger partial charge in [-0.05, 0) is 36.4 Å². The van der Waals surface area contributed by atoms with Crippen LogP contribution in [-0.2, 0) is 46.6 Å². The molecular weight excluding hydrogens is 826 g/mol. The van der Waals surface area contributed by atoms with Gasteiger partial charge < -0.3 is 34.5 Å². The Morgan fingerprint density at radius 2 is 1.12 bits per heavy atom. The predicted molar refractivity (Wildman–Crippen MR) is 192 cm³/mol. The number of aromatic nitrogens is 5. The first kappa shape index (κ1) is 44.1. The van der Waals surface area contributed by atoms with Crippen molar-refractivity contribution in [2.24, 2.45) is 0 Å². The maximum Gasteiger partial charge on any atom is 0.418 e.